The molecule has 0 bridgehead atoms. The molecule has 0 aromatic carbocycles. The molecule has 0 saturated carbocycles. The standard InChI is InChI=1S/C9H11N3O5/c1-2-11(5-8(13)14)9(15)7-3-6(4-10-7)12(16)17/h3-4,10H,2,5H2,1H3,(H,13,14). The first kappa shape index (κ1) is 12.7. The van der Waals surface area contributed by atoms with Crippen molar-refractivity contribution < 1.29 is 19.6 Å². The number of hydrogen-bond donors (Lipinski definition) is 2. The fraction of sp³-hybridized carbons (Fsp3) is 0.333. The minimum Gasteiger partial charge on any atom is -0.480 e. The predicted octanol–water partition coefficient (Wildman–Crippen LogP) is 0.470. The molecule has 1 amide bonds. The van der Waals surface area contributed by atoms with Crippen LogP contribution in [-0.4, -0.2) is 44.9 Å². The van der Waals surface area contributed by atoms with Crippen LogP contribution in [0.5, 0.6) is 0 Å². The molecular weight excluding hydrogens is 230 g/mol. The molecule has 0 unspecified atom stereocenters. The van der Waals surface area contributed by atoms with Crippen LogP contribution < -0.4 is 0 Å². The molecule has 8 heteroatoms. The molecule has 1 heterocycles. The maximum atomic E-state index is 11.8. The Hall–Kier alpha value is -2.38. The van der Waals surface area contributed by atoms with Gasteiger partial charge in [-0.05, 0) is 6.92 Å². The predicted molar refractivity (Wildman–Crippen MR) is 56.7 cm³/mol. The number of nitrogens with one attached hydrogen (secondary N) is 1. The maximum Gasteiger partial charge on any atom is 0.323 e. The fourth-order valence-electron chi connectivity index (χ4n) is 1.27. The second kappa shape index (κ2) is 5.10. The van der Waals surface area contributed by atoms with E-state index in [-0.39, 0.29) is 17.9 Å². The summed E-state index contributed by atoms with van der Waals surface area (Å²) in [5.41, 5.74) is -0.237. The van der Waals surface area contributed by atoms with Gasteiger partial charge in [-0.2, -0.15) is 0 Å². The van der Waals surface area contributed by atoms with Gasteiger partial charge in [-0.25, -0.2) is 0 Å². The van der Waals surface area contributed by atoms with Gasteiger partial charge in [-0.3, -0.25) is 19.7 Å². The zero-order valence-corrected chi connectivity index (χ0v) is 9.04. The SMILES string of the molecule is CCN(CC(=O)O)C(=O)c1cc([N+](=O)[O-])c[nH]1. The molecule has 1 rings (SSSR count). The number of aliphatic carboxylic acids is 1. The van der Waals surface area contributed by atoms with Crippen LogP contribution >= 0.6 is 0 Å². The third-order valence-electron chi connectivity index (χ3n) is 2.10. The van der Waals surface area contributed by atoms with Crippen molar-refractivity contribution in [3.05, 3.63) is 28.1 Å². The summed E-state index contributed by atoms with van der Waals surface area (Å²) >= 11 is 0. The summed E-state index contributed by atoms with van der Waals surface area (Å²) in [6.07, 6.45) is 1.09. The zero-order valence-electron chi connectivity index (χ0n) is 9.04. The zero-order chi connectivity index (χ0) is 13.0. The van der Waals surface area contributed by atoms with Gasteiger partial charge < -0.3 is 15.0 Å². The molecule has 92 valence electrons. The molecule has 0 spiro atoms. The van der Waals surface area contributed by atoms with Crippen LogP contribution in [0.1, 0.15) is 17.4 Å². The lowest BCUT2D eigenvalue weighted by atomic mass is 10.3. The Labute approximate surface area is 96.0 Å². The van der Waals surface area contributed by atoms with E-state index in [4.69, 9.17) is 5.11 Å². The highest BCUT2D eigenvalue weighted by molar-refractivity contribution is 5.94. The number of carbonyl (C=O) groups is 2. The number of likely N-dealkylation sites (N-methyl/N-ethyl adjacent to an activating group) is 1. The van der Waals surface area contributed by atoms with Gasteiger partial charge in [-0.1, -0.05) is 0 Å². The molecule has 0 aliphatic carbocycles. The van der Waals surface area contributed by atoms with Crippen LogP contribution in [0.2, 0.25) is 0 Å². The minimum atomic E-state index is -1.14. The van der Waals surface area contributed by atoms with Crippen LogP contribution in [0.25, 0.3) is 0 Å². The van der Waals surface area contributed by atoms with Gasteiger partial charge >= 0.3 is 5.97 Å². The fourth-order valence-corrected chi connectivity index (χ4v) is 1.27. The van der Waals surface area contributed by atoms with Crippen molar-refractivity contribution in [1.29, 1.82) is 0 Å². The van der Waals surface area contributed by atoms with Gasteiger partial charge in [0.2, 0.25) is 0 Å². The first-order valence-corrected chi connectivity index (χ1v) is 4.79. The Morgan fingerprint density at radius 1 is 1.59 bits per heavy atom. The molecule has 0 radical (unpaired) electrons. The highest BCUT2D eigenvalue weighted by Crippen LogP contribution is 2.13. The van der Waals surface area contributed by atoms with Crippen molar-refractivity contribution in [2.24, 2.45) is 0 Å². The number of aromatic amines is 1. The molecule has 0 aliphatic rings. The first-order valence-electron chi connectivity index (χ1n) is 4.79. The molecule has 1 aromatic rings. The number of nitro groups is 1. The third kappa shape index (κ3) is 3.03. The highest BCUT2D eigenvalue weighted by atomic mass is 16.6. The topological polar surface area (TPSA) is 117 Å². The Morgan fingerprint density at radius 2 is 2.24 bits per heavy atom. The summed E-state index contributed by atoms with van der Waals surface area (Å²) in [4.78, 5) is 35.6. The average molecular weight is 241 g/mol. The smallest absolute Gasteiger partial charge is 0.323 e. The van der Waals surface area contributed by atoms with Gasteiger partial charge in [0.1, 0.15) is 12.2 Å². The van der Waals surface area contributed by atoms with Crippen LogP contribution in [0, 0.1) is 10.1 Å². The van der Waals surface area contributed by atoms with Crippen molar-refractivity contribution in [3.8, 4) is 0 Å². The van der Waals surface area contributed by atoms with E-state index >= 15 is 0 Å². The molecule has 8 nitrogen and oxygen atoms in total. The normalized spacial score (nSPS) is 9.94. The number of carboxylic acid groups (broad SMARTS) is 1. The van der Waals surface area contributed by atoms with Gasteiger partial charge in [0.25, 0.3) is 11.6 Å². The molecule has 0 saturated heterocycles. The highest BCUT2D eigenvalue weighted by Gasteiger charge is 2.20. The number of carbonyl (C=O) groups excluding carboxylic acids is 1. The first-order chi connectivity index (χ1) is 7.95. The van der Waals surface area contributed by atoms with E-state index in [0.717, 1.165) is 17.2 Å². The number of hydrogen-bond acceptors (Lipinski definition) is 4. The van der Waals surface area contributed by atoms with Gasteiger partial charge in [0.05, 0.1) is 11.1 Å². The lowest BCUT2D eigenvalue weighted by Crippen LogP contribution is -2.35. The molecule has 0 aliphatic heterocycles. The maximum absolute atomic E-state index is 11.8. The third-order valence-corrected chi connectivity index (χ3v) is 2.10. The van der Waals surface area contributed by atoms with E-state index in [1.54, 1.807) is 6.92 Å². The van der Waals surface area contributed by atoms with Crippen LogP contribution in [0.15, 0.2) is 12.3 Å². The molecule has 0 fully saturated rings. The number of aromatic nitrogens is 1. The molecule has 1 aromatic heterocycles. The lowest BCUT2D eigenvalue weighted by molar-refractivity contribution is -0.384. The van der Waals surface area contributed by atoms with Crippen LogP contribution in [0.3, 0.4) is 0 Å². The number of H-pyrrole nitrogens is 1. The van der Waals surface area contributed by atoms with Crippen LogP contribution in [-0.2, 0) is 4.79 Å². The molecular formula is C9H11N3O5. The van der Waals surface area contributed by atoms with Gasteiger partial charge in [0, 0.05) is 12.6 Å². The summed E-state index contributed by atoms with van der Waals surface area (Å²) in [7, 11) is 0. The largest absolute Gasteiger partial charge is 0.480 e. The Kier molecular flexibility index (Phi) is 3.81. The van der Waals surface area contributed by atoms with E-state index in [0.29, 0.717) is 0 Å². The molecule has 17 heavy (non-hydrogen) atoms. The van der Waals surface area contributed by atoms with E-state index in [9.17, 15) is 19.7 Å². The van der Waals surface area contributed by atoms with Crippen molar-refractivity contribution in [1.82, 2.24) is 9.88 Å². The Balaban J connectivity index is 2.86. The Morgan fingerprint density at radius 3 is 2.65 bits per heavy atom. The lowest BCUT2D eigenvalue weighted by Gasteiger charge is -2.17. The summed E-state index contributed by atoms with van der Waals surface area (Å²) < 4.78 is 0. The molecule has 0 atom stereocenters. The summed E-state index contributed by atoms with van der Waals surface area (Å²) in [6.45, 7) is 1.39. The van der Waals surface area contributed by atoms with Crippen LogP contribution in [0.4, 0.5) is 5.69 Å². The van der Waals surface area contributed by atoms with Gasteiger partial charge in [0.15, 0.2) is 0 Å². The number of carboxylic acids is 1. The van der Waals surface area contributed by atoms with E-state index < -0.39 is 23.3 Å². The Bertz CT molecular complexity index is 453. The summed E-state index contributed by atoms with van der Waals surface area (Å²) in [5.74, 6) is -1.72. The number of amides is 1. The average Bonchev–Trinajstić information content (AvgIpc) is 2.73. The van der Waals surface area contributed by atoms with Gasteiger partial charge in [-0.15, -0.1) is 0 Å². The van der Waals surface area contributed by atoms with E-state index in [1.165, 1.54) is 0 Å². The molecule has 2 N–H and O–H groups in total. The summed E-state index contributed by atoms with van der Waals surface area (Å²) in [5, 5.41) is 19.0. The van der Waals surface area contributed by atoms with Crippen molar-refractivity contribution >= 4 is 17.6 Å². The minimum absolute atomic E-state index is 0.000185. The quantitative estimate of drug-likeness (QED) is 0.574. The van der Waals surface area contributed by atoms with E-state index in [2.05, 4.69) is 4.98 Å². The monoisotopic (exact) mass is 241 g/mol. The van der Waals surface area contributed by atoms with Crippen molar-refractivity contribution in [2.75, 3.05) is 13.1 Å². The van der Waals surface area contributed by atoms with Crippen molar-refractivity contribution in [2.45, 2.75) is 6.92 Å². The number of nitrogens with zero attached hydrogens (tertiary/aromatic N) is 2. The summed E-state index contributed by atoms with van der Waals surface area (Å²) in [6, 6.07) is 1.08. The second-order valence-electron chi connectivity index (χ2n) is 3.24. The number of rotatable bonds is 5. The second-order valence-corrected chi connectivity index (χ2v) is 3.24. The van der Waals surface area contributed by atoms with E-state index in [1.807, 2.05) is 0 Å². The van der Waals surface area contributed by atoms with Crippen molar-refractivity contribution in [3.63, 3.8) is 0 Å².